The molecule has 0 saturated carbocycles. The van der Waals surface area contributed by atoms with Crippen molar-refractivity contribution in [2.45, 2.75) is 19.5 Å². The van der Waals surface area contributed by atoms with Gasteiger partial charge in [-0.1, -0.05) is 11.6 Å². The third-order valence-electron chi connectivity index (χ3n) is 2.96. The van der Waals surface area contributed by atoms with Crippen LogP contribution in [0.3, 0.4) is 0 Å². The Morgan fingerprint density at radius 1 is 1.44 bits per heavy atom. The van der Waals surface area contributed by atoms with Crippen molar-refractivity contribution in [1.29, 1.82) is 0 Å². The molecule has 1 unspecified atom stereocenters. The number of hydrogen-bond donors (Lipinski definition) is 1. The van der Waals surface area contributed by atoms with E-state index in [0.29, 0.717) is 11.6 Å². The molecule has 18 heavy (non-hydrogen) atoms. The summed E-state index contributed by atoms with van der Waals surface area (Å²) in [7, 11) is 4.06. The van der Waals surface area contributed by atoms with Crippen molar-refractivity contribution in [3.8, 4) is 0 Å². The molecular formula is C13H19ClN4. The lowest BCUT2D eigenvalue weighted by molar-refractivity contribution is 0.374. The third kappa shape index (κ3) is 2.51. The van der Waals surface area contributed by atoms with Gasteiger partial charge in [-0.15, -0.1) is 0 Å². The van der Waals surface area contributed by atoms with Crippen LogP contribution in [-0.2, 0) is 6.54 Å². The van der Waals surface area contributed by atoms with E-state index in [-0.39, 0.29) is 6.04 Å². The van der Waals surface area contributed by atoms with Crippen LogP contribution in [0.15, 0.2) is 18.2 Å². The van der Waals surface area contributed by atoms with Crippen LogP contribution in [-0.4, -0.2) is 35.1 Å². The molecule has 0 bridgehead atoms. The van der Waals surface area contributed by atoms with Crippen LogP contribution in [0.25, 0.3) is 11.0 Å². The molecule has 0 radical (unpaired) electrons. The van der Waals surface area contributed by atoms with E-state index in [9.17, 15) is 0 Å². The minimum absolute atomic E-state index is 0.228. The number of benzene rings is 1. The molecule has 0 spiro atoms. The van der Waals surface area contributed by atoms with Gasteiger partial charge in [0.25, 0.3) is 0 Å². The number of nitrogens with two attached hydrogens (primary N) is 1. The minimum Gasteiger partial charge on any atom is -0.328 e. The van der Waals surface area contributed by atoms with Crippen molar-refractivity contribution in [1.82, 2.24) is 14.5 Å². The van der Waals surface area contributed by atoms with Crippen LogP contribution in [0.2, 0.25) is 5.02 Å². The van der Waals surface area contributed by atoms with Crippen LogP contribution < -0.4 is 5.73 Å². The number of halogens is 1. The van der Waals surface area contributed by atoms with E-state index in [1.54, 1.807) is 0 Å². The molecule has 0 aliphatic rings. The zero-order valence-corrected chi connectivity index (χ0v) is 11.8. The lowest BCUT2D eigenvalue weighted by Gasteiger charge is -2.17. The maximum Gasteiger partial charge on any atom is 0.124 e. The largest absolute Gasteiger partial charge is 0.328 e. The fourth-order valence-electron chi connectivity index (χ4n) is 2.11. The maximum absolute atomic E-state index is 6.02. The molecule has 1 aromatic heterocycles. The molecule has 0 aliphatic heterocycles. The lowest BCUT2D eigenvalue weighted by atomic mass is 10.2. The summed E-state index contributed by atoms with van der Waals surface area (Å²) in [4.78, 5) is 6.76. The van der Waals surface area contributed by atoms with Crippen LogP contribution in [0.4, 0.5) is 0 Å². The first-order valence-electron chi connectivity index (χ1n) is 6.04. The van der Waals surface area contributed by atoms with Crippen molar-refractivity contribution in [2.75, 3.05) is 20.6 Å². The second-order valence-electron chi connectivity index (χ2n) is 4.85. The van der Waals surface area contributed by atoms with Crippen LogP contribution in [0.5, 0.6) is 0 Å². The highest BCUT2D eigenvalue weighted by Crippen LogP contribution is 2.24. The van der Waals surface area contributed by atoms with Gasteiger partial charge >= 0.3 is 0 Å². The second kappa shape index (κ2) is 5.26. The predicted octanol–water partition coefficient (Wildman–Crippen LogP) is 2.27. The van der Waals surface area contributed by atoms with Crippen molar-refractivity contribution < 1.29 is 0 Å². The fourth-order valence-corrected chi connectivity index (χ4v) is 2.28. The molecule has 2 N–H and O–H groups in total. The van der Waals surface area contributed by atoms with Gasteiger partial charge in [-0.2, -0.15) is 0 Å². The Kier molecular flexibility index (Phi) is 3.90. The molecule has 0 fully saturated rings. The third-order valence-corrected chi connectivity index (χ3v) is 3.20. The summed E-state index contributed by atoms with van der Waals surface area (Å²) in [5.41, 5.74) is 7.82. The fraction of sp³-hybridized carbons (Fsp3) is 0.462. The number of imidazole rings is 1. The Balaban J connectivity index is 2.60. The topological polar surface area (TPSA) is 47.1 Å². The highest BCUT2D eigenvalue weighted by atomic mass is 35.5. The molecule has 4 nitrogen and oxygen atoms in total. The summed E-state index contributed by atoms with van der Waals surface area (Å²) >= 11 is 6.02. The Labute approximate surface area is 112 Å². The van der Waals surface area contributed by atoms with E-state index < -0.39 is 0 Å². The van der Waals surface area contributed by atoms with Crippen LogP contribution >= 0.6 is 11.6 Å². The van der Waals surface area contributed by atoms with Gasteiger partial charge in [0.1, 0.15) is 5.82 Å². The summed E-state index contributed by atoms with van der Waals surface area (Å²) in [6.45, 7) is 3.49. The number of fused-ring (bicyclic) bond motifs is 1. The van der Waals surface area contributed by atoms with E-state index in [1.165, 1.54) is 0 Å². The molecule has 0 amide bonds. The molecule has 1 aromatic carbocycles. The summed E-state index contributed by atoms with van der Waals surface area (Å²) in [6, 6.07) is 6.03. The van der Waals surface area contributed by atoms with E-state index in [1.807, 2.05) is 32.3 Å². The van der Waals surface area contributed by atoms with Gasteiger partial charge in [0.05, 0.1) is 17.6 Å². The first kappa shape index (κ1) is 13.3. The monoisotopic (exact) mass is 266 g/mol. The number of hydrogen-bond acceptors (Lipinski definition) is 3. The molecule has 5 heteroatoms. The molecule has 0 saturated heterocycles. The van der Waals surface area contributed by atoms with Crippen LogP contribution in [0, 0.1) is 0 Å². The van der Waals surface area contributed by atoms with E-state index in [0.717, 1.165) is 23.4 Å². The van der Waals surface area contributed by atoms with Gasteiger partial charge < -0.3 is 15.2 Å². The average molecular weight is 267 g/mol. The zero-order valence-electron chi connectivity index (χ0n) is 11.0. The molecule has 2 rings (SSSR count). The number of aromatic nitrogens is 2. The number of rotatable bonds is 4. The summed E-state index contributed by atoms with van der Waals surface area (Å²) < 4.78 is 2.20. The van der Waals surface area contributed by atoms with Gasteiger partial charge in [0, 0.05) is 17.6 Å². The Hall–Kier alpha value is -1.10. The molecule has 0 aliphatic carbocycles. The Morgan fingerprint density at radius 2 is 2.17 bits per heavy atom. The average Bonchev–Trinajstić information content (AvgIpc) is 2.64. The van der Waals surface area contributed by atoms with Gasteiger partial charge in [-0.05, 0) is 39.2 Å². The van der Waals surface area contributed by atoms with E-state index in [2.05, 4.69) is 21.4 Å². The summed E-state index contributed by atoms with van der Waals surface area (Å²) in [5, 5.41) is 0.712. The molecule has 98 valence electrons. The maximum atomic E-state index is 6.02. The molecule has 1 atom stereocenters. The van der Waals surface area contributed by atoms with Gasteiger partial charge in [0.15, 0.2) is 0 Å². The highest BCUT2D eigenvalue weighted by molar-refractivity contribution is 6.31. The molecule has 2 aromatic rings. The molecular weight excluding hydrogens is 248 g/mol. The molecule has 1 heterocycles. The standard InChI is InChI=1S/C13H19ClN4/c1-9(7-15)18-12-5-4-10(14)6-11(12)16-13(18)8-17(2)3/h4-6,9H,7-8,15H2,1-3H3. The van der Waals surface area contributed by atoms with E-state index in [4.69, 9.17) is 17.3 Å². The van der Waals surface area contributed by atoms with E-state index >= 15 is 0 Å². The predicted molar refractivity (Wildman–Crippen MR) is 75.9 cm³/mol. The second-order valence-corrected chi connectivity index (χ2v) is 5.29. The van der Waals surface area contributed by atoms with Gasteiger partial charge in [-0.3, -0.25) is 0 Å². The lowest BCUT2D eigenvalue weighted by Crippen LogP contribution is -2.21. The van der Waals surface area contributed by atoms with Crippen LogP contribution in [0.1, 0.15) is 18.8 Å². The highest BCUT2D eigenvalue weighted by Gasteiger charge is 2.15. The zero-order chi connectivity index (χ0) is 13.3. The quantitative estimate of drug-likeness (QED) is 0.924. The summed E-state index contributed by atoms with van der Waals surface area (Å²) in [6.07, 6.45) is 0. The SMILES string of the molecule is CC(CN)n1c(CN(C)C)nc2cc(Cl)ccc21. The normalized spacial score (nSPS) is 13.4. The van der Waals surface area contributed by atoms with Gasteiger partial charge in [-0.25, -0.2) is 4.98 Å². The summed E-state index contributed by atoms with van der Waals surface area (Å²) in [5.74, 6) is 1.02. The smallest absolute Gasteiger partial charge is 0.124 e. The Morgan fingerprint density at radius 3 is 2.78 bits per heavy atom. The Bertz CT molecular complexity index is 547. The minimum atomic E-state index is 0.228. The van der Waals surface area contributed by atoms with Crippen molar-refractivity contribution in [2.24, 2.45) is 5.73 Å². The van der Waals surface area contributed by atoms with Gasteiger partial charge in [0.2, 0.25) is 0 Å². The first-order chi connectivity index (χ1) is 8.52. The number of nitrogens with zero attached hydrogens (tertiary/aromatic N) is 3. The van der Waals surface area contributed by atoms with Crippen molar-refractivity contribution >= 4 is 22.6 Å². The van der Waals surface area contributed by atoms with Crippen molar-refractivity contribution in [3.63, 3.8) is 0 Å². The van der Waals surface area contributed by atoms with Crippen molar-refractivity contribution in [3.05, 3.63) is 29.0 Å². The first-order valence-corrected chi connectivity index (χ1v) is 6.42.